The van der Waals surface area contributed by atoms with Gasteiger partial charge in [-0.05, 0) is 29.5 Å². The molecule has 0 amide bonds. The molecule has 0 saturated heterocycles. The van der Waals surface area contributed by atoms with Gasteiger partial charge in [-0.1, -0.05) is 32.9 Å². The second-order valence-corrected chi connectivity index (χ2v) is 8.59. The molecule has 0 aliphatic rings. The minimum atomic E-state index is -3.63. The van der Waals surface area contributed by atoms with E-state index in [2.05, 4.69) is 20.8 Å². The van der Waals surface area contributed by atoms with Gasteiger partial charge in [0.2, 0.25) is 9.05 Å². The summed E-state index contributed by atoms with van der Waals surface area (Å²) in [4.78, 5) is 12.1. The van der Waals surface area contributed by atoms with E-state index >= 15 is 0 Å². The lowest BCUT2D eigenvalue weighted by molar-refractivity contribution is 0.0988. The molecular formula is C14H19ClO3S. The molecule has 19 heavy (non-hydrogen) atoms. The van der Waals surface area contributed by atoms with Gasteiger partial charge in [-0.15, -0.1) is 0 Å². The summed E-state index contributed by atoms with van der Waals surface area (Å²) >= 11 is 0. The number of ketones is 1. The second-order valence-electron chi connectivity index (χ2n) is 5.70. The van der Waals surface area contributed by atoms with Crippen molar-refractivity contribution in [1.29, 1.82) is 0 Å². The first kappa shape index (κ1) is 16.2. The van der Waals surface area contributed by atoms with Gasteiger partial charge in [0.05, 0.1) is 5.75 Å². The lowest BCUT2D eigenvalue weighted by atomic mass is 9.84. The van der Waals surface area contributed by atoms with E-state index in [0.29, 0.717) is 5.56 Å². The van der Waals surface area contributed by atoms with Crippen LogP contribution in [0.15, 0.2) is 18.2 Å². The summed E-state index contributed by atoms with van der Waals surface area (Å²) in [6.07, 6.45) is -0.0831. The monoisotopic (exact) mass is 302 g/mol. The van der Waals surface area contributed by atoms with E-state index in [0.717, 1.165) is 11.1 Å². The predicted molar refractivity (Wildman–Crippen MR) is 78.5 cm³/mol. The van der Waals surface area contributed by atoms with Crippen molar-refractivity contribution in [3.8, 4) is 0 Å². The zero-order chi connectivity index (χ0) is 14.8. The summed E-state index contributed by atoms with van der Waals surface area (Å²) < 4.78 is 21.8. The van der Waals surface area contributed by atoms with Crippen LogP contribution < -0.4 is 0 Å². The fourth-order valence-corrected chi connectivity index (χ4v) is 2.40. The molecule has 0 N–H and O–H groups in total. The number of benzene rings is 1. The SMILES string of the molecule is Cc1ccc(C(C)(C)C)cc1C(=O)CCS(=O)(=O)Cl. The van der Waals surface area contributed by atoms with E-state index in [9.17, 15) is 13.2 Å². The van der Waals surface area contributed by atoms with Crippen LogP contribution in [-0.4, -0.2) is 20.0 Å². The number of Topliss-reactive ketones (excluding diaryl/α,β-unsaturated/α-hetero) is 1. The van der Waals surface area contributed by atoms with Crippen LogP contribution in [0, 0.1) is 6.92 Å². The Labute approximate surface area is 119 Å². The van der Waals surface area contributed by atoms with Crippen molar-refractivity contribution < 1.29 is 13.2 Å². The fraction of sp³-hybridized carbons (Fsp3) is 0.500. The number of halogens is 1. The summed E-state index contributed by atoms with van der Waals surface area (Å²) in [7, 11) is 1.50. The zero-order valence-corrected chi connectivity index (χ0v) is 13.2. The Morgan fingerprint density at radius 1 is 1.26 bits per heavy atom. The summed E-state index contributed by atoms with van der Waals surface area (Å²) in [6, 6.07) is 5.73. The molecule has 0 unspecified atom stereocenters. The number of hydrogen-bond acceptors (Lipinski definition) is 3. The molecule has 0 atom stereocenters. The Balaban J connectivity index is 3.03. The van der Waals surface area contributed by atoms with Gasteiger partial charge in [-0.3, -0.25) is 4.79 Å². The maximum absolute atomic E-state index is 12.1. The first-order valence-electron chi connectivity index (χ1n) is 6.07. The van der Waals surface area contributed by atoms with E-state index in [4.69, 9.17) is 10.7 Å². The third kappa shape index (κ3) is 4.96. The molecule has 0 aliphatic carbocycles. The number of rotatable bonds is 4. The van der Waals surface area contributed by atoms with E-state index in [-0.39, 0.29) is 23.4 Å². The molecule has 1 rings (SSSR count). The van der Waals surface area contributed by atoms with Gasteiger partial charge in [0.15, 0.2) is 5.78 Å². The van der Waals surface area contributed by atoms with Crippen LogP contribution in [0.25, 0.3) is 0 Å². The molecule has 0 aromatic heterocycles. The Hall–Kier alpha value is -0.870. The van der Waals surface area contributed by atoms with E-state index in [1.165, 1.54) is 0 Å². The van der Waals surface area contributed by atoms with Crippen LogP contribution in [0.5, 0.6) is 0 Å². The number of carbonyl (C=O) groups is 1. The summed E-state index contributed by atoms with van der Waals surface area (Å²) in [5.74, 6) is -0.514. The Bertz CT molecular complexity index is 583. The number of carbonyl (C=O) groups excluding carboxylic acids is 1. The third-order valence-corrected chi connectivity index (χ3v) is 4.13. The normalized spacial score (nSPS) is 12.5. The van der Waals surface area contributed by atoms with Crippen LogP contribution >= 0.6 is 10.7 Å². The van der Waals surface area contributed by atoms with Crippen molar-refractivity contribution in [2.75, 3.05) is 5.75 Å². The van der Waals surface area contributed by atoms with Gasteiger partial charge < -0.3 is 0 Å². The van der Waals surface area contributed by atoms with Crippen molar-refractivity contribution in [1.82, 2.24) is 0 Å². The number of aryl methyl sites for hydroxylation is 1. The lowest BCUT2D eigenvalue weighted by Crippen LogP contribution is -2.14. The van der Waals surface area contributed by atoms with Crippen molar-refractivity contribution in [3.05, 3.63) is 34.9 Å². The predicted octanol–water partition coefficient (Wildman–Crippen LogP) is 3.43. The van der Waals surface area contributed by atoms with Crippen LogP contribution in [0.1, 0.15) is 48.7 Å². The van der Waals surface area contributed by atoms with Crippen molar-refractivity contribution in [3.63, 3.8) is 0 Å². The average molecular weight is 303 g/mol. The Morgan fingerprint density at radius 2 is 1.84 bits per heavy atom. The highest BCUT2D eigenvalue weighted by Gasteiger charge is 2.18. The molecule has 0 heterocycles. The first-order valence-corrected chi connectivity index (χ1v) is 8.55. The highest BCUT2D eigenvalue weighted by atomic mass is 35.7. The average Bonchev–Trinajstić information content (AvgIpc) is 2.24. The molecule has 5 heteroatoms. The molecule has 0 radical (unpaired) electrons. The quantitative estimate of drug-likeness (QED) is 0.632. The van der Waals surface area contributed by atoms with Gasteiger partial charge >= 0.3 is 0 Å². The second kappa shape index (κ2) is 5.63. The molecule has 0 spiro atoms. The van der Waals surface area contributed by atoms with E-state index in [1.807, 2.05) is 25.1 Å². The Morgan fingerprint density at radius 3 is 2.32 bits per heavy atom. The standard InChI is InChI=1S/C14H19ClO3S/c1-10-5-6-11(14(2,3)4)9-12(10)13(16)7-8-19(15,17)18/h5-6,9H,7-8H2,1-4H3. The van der Waals surface area contributed by atoms with Crippen molar-refractivity contribution in [2.24, 2.45) is 0 Å². The smallest absolute Gasteiger partial charge is 0.233 e. The summed E-state index contributed by atoms with van der Waals surface area (Å²) in [5, 5.41) is 0. The van der Waals surface area contributed by atoms with Gasteiger partial charge in [0, 0.05) is 22.7 Å². The Kier molecular flexibility index (Phi) is 4.80. The largest absolute Gasteiger partial charge is 0.294 e. The highest BCUT2D eigenvalue weighted by Crippen LogP contribution is 2.25. The summed E-state index contributed by atoms with van der Waals surface area (Å²) in [5.41, 5.74) is 2.43. The maximum atomic E-state index is 12.1. The van der Waals surface area contributed by atoms with Gasteiger partial charge in [-0.25, -0.2) is 8.42 Å². The molecule has 106 valence electrons. The molecule has 0 saturated carbocycles. The summed E-state index contributed by atoms with van der Waals surface area (Å²) in [6.45, 7) is 8.04. The molecule has 0 fully saturated rings. The minimum absolute atomic E-state index is 0.0543. The van der Waals surface area contributed by atoms with Crippen LogP contribution in [-0.2, 0) is 14.5 Å². The molecule has 0 aliphatic heterocycles. The van der Waals surface area contributed by atoms with Gasteiger partial charge in [0.1, 0.15) is 0 Å². The maximum Gasteiger partial charge on any atom is 0.233 e. The molecular weight excluding hydrogens is 284 g/mol. The van der Waals surface area contributed by atoms with Gasteiger partial charge in [-0.2, -0.15) is 0 Å². The molecule has 1 aromatic rings. The highest BCUT2D eigenvalue weighted by molar-refractivity contribution is 8.13. The third-order valence-electron chi connectivity index (χ3n) is 2.98. The fourth-order valence-electron chi connectivity index (χ4n) is 1.74. The first-order chi connectivity index (χ1) is 8.50. The molecule has 1 aromatic carbocycles. The van der Waals surface area contributed by atoms with Gasteiger partial charge in [0.25, 0.3) is 0 Å². The van der Waals surface area contributed by atoms with Crippen LogP contribution in [0.2, 0.25) is 0 Å². The topological polar surface area (TPSA) is 51.2 Å². The van der Waals surface area contributed by atoms with E-state index < -0.39 is 9.05 Å². The molecule has 3 nitrogen and oxygen atoms in total. The van der Waals surface area contributed by atoms with Crippen molar-refractivity contribution >= 4 is 25.5 Å². The van der Waals surface area contributed by atoms with Crippen LogP contribution in [0.4, 0.5) is 0 Å². The number of hydrogen-bond donors (Lipinski definition) is 0. The lowest BCUT2D eigenvalue weighted by Gasteiger charge is -2.20. The van der Waals surface area contributed by atoms with E-state index in [1.54, 1.807) is 0 Å². The van der Waals surface area contributed by atoms with Crippen molar-refractivity contribution in [2.45, 2.75) is 39.5 Å². The van der Waals surface area contributed by atoms with Crippen LogP contribution in [0.3, 0.4) is 0 Å². The minimum Gasteiger partial charge on any atom is -0.294 e. The zero-order valence-electron chi connectivity index (χ0n) is 11.7. The molecule has 0 bridgehead atoms.